The number of nitrogens with zero attached hydrogens (tertiary/aromatic N) is 1. The van der Waals surface area contributed by atoms with Crippen LogP contribution in [0.1, 0.15) is 122 Å². The minimum Gasteiger partial charge on any atom is -0.748 e. The van der Waals surface area contributed by atoms with Crippen LogP contribution in [0.2, 0.25) is 0 Å². The molecule has 41 heavy (non-hydrogen) atoms. The molecule has 1 heterocycles. The summed E-state index contributed by atoms with van der Waals surface area (Å²) in [6.45, 7) is 3.88. The molecule has 0 aliphatic heterocycles. The largest absolute Gasteiger partial charge is 1.00 e. The number of rotatable bonds is 21. The van der Waals surface area contributed by atoms with Gasteiger partial charge in [-0.25, -0.2) is 21.8 Å². The second kappa shape index (κ2) is 22.4. The van der Waals surface area contributed by atoms with Gasteiger partial charge in [-0.3, -0.25) is 0 Å². The molecule has 0 aliphatic carbocycles. The van der Waals surface area contributed by atoms with E-state index < -0.39 is 25.5 Å². The number of imidazole rings is 1. The van der Waals surface area contributed by atoms with E-state index in [2.05, 4.69) is 16.9 Å². The third kappa shape index (κ3) is 16.8. The van der Waals surface area contributed by atoms with Gasteiger partial charge in [-0.05, 0) is 48.2 Å². The second-order valence-corrected chi connectivity index (χ2v) is 14.1. The molecule has 0 fully saturated rings. The van der Waals surface area contributed by atoms with Gasteiger partial charge in [-0.2, -0.15) is 0 Å². The van der Waals surface area contributed by atoms with Gasteiger partial charge in [-0.1, -0.05) is 96.7 Å². The van der Waals surface area contributed by atoms with Crippen molar-refractivity contribution < 1.29 is 129 Å². The Bertz CT molecular complexity index is 1270. The van der Waals surface area contributed by atoms with E-state index >= 15 is 0 Å². The summed E-state index contributed by atoms with van der Waals surface area (Å²) in [5, 5.41) is -1.02. The zero-order valence-corrected chi connectivity index (χ0v) is 34.1. The van der Waals surface area contributed by atoms with Crippen LogP contribution < -0.4 is 103 Å². The molecule has 0 aliphatic rings. The van der Waals surface area contributed by atoms with Gasteiger partial charge < -0.3 is 14.1 Å². The molecule has 0 amide bonds. The van der Waals surface area contributed by atoms with Gasteiger partial charge in [0.1, 0.15) is 15.9 Å². The number of aromatic amines is 1. The maximum absolute atomic E-state index is 11.8. The van der Waals surface area contributed by atoms with E-state index in [1.807, 2.05) is 0 Å². The predicted octanol–water partition coefficient (Wildman–Crippen LogP) is 0.735. The van der Waals surface area contributed by atoms with Crippen molar-refractivity contribution in [3.8, 4) is 0 Å². The Morgan fingerprint density at radius 2 is 1.41 bits per heavy atom. The Balaban J connectivity index is 0.00000800. The fourth-order valence-corrected chi connectivity index (χ4v) is 6.59. The third-order valence-electron chi connectivity index (χ3n) is 7.24. The quantitative estimate of drug-likeness (QED) is 0.0882. The van der Waals surface area contributed by atoms with E-state index in [1.165, 1.54) is 76.3 Å². The first-order chi connectivity index (χ1) is 18.5. The van der Waals surface area contributed by atoms with Crippen molar-refractivity contribution in [3.63, 3.8) is 0 Å². The molecular formula is C28H44K2N2O6S3. The van der Waals surface area contributed by atoms with E-state index in [0.29, 0.717) is 28.8 Å². The van der Waals surface area contributed by atoms with Crippen LogP contribution in [0.3, 0.4) is 0 Å². The van der Waals surface area contributed by atoms with Crippen LogP contribution in [0.5, 0.6) is 0 Å². The van der Waals surface area contributed by atoms with Gasteiger partial charge in [0, 0.05) is 18.1 Å². The topological polar surface area (TPSA) is 143 Å². The van der Waals surface area contributed by atoms with Crippen LogP contribution in [0.4, 0.5) is 0 Å². The van der Waals surface area contributed by atoms with Gasteiger partial charge in [0.05, 0.1) is 26.0 Å². The maximum Gasteiger partial charge on any atom is 1.00 e. The number of aromatic nitrogens is 2. The molecule has 0 spiro atoms. The van der Waals surface area contributed by atoms with Crippen LogP contribution >= 0.6 is 12.2 Å². The first-order valence-electron chi connectivity index (χ1n) is 14.4. The molecular weight excluding hydrogens is 635 g/mol. The van der Waals surface area contributed by atoms with Crippen molar-refractivity contribution in [1.29, 1.82) is 0 Å². The number of aryl methyl sites for hydroxylation is 1. The van der Waals surface area contributed by atoms with Crippen molar-refractivity contribution in [1.82, 2.24) is 9.97 Å². The molecule has 1 N–H and O–H groups in total. The Morgan fingerprint density at radius 1 is 0.878 bits per heavy atom. The van der Waals surface area contributed by atoms with Gasteiger partial charge in [-0.15, -0.1) is 0 Å². The summed E-state index contributed by atoms with van der Waals surface area (Å²) in [5.74, 6) is 0.431. The summed E-state index contributed by atoms with van der Waals surface area (Å²) in [5.41, 5.74) is 1.44. The van der Waals surface area contributed by atoms with Gasteiger partial charge >= 0.3 is 103 Å². The van der Waals surface area contributed by atoms with Crippen LogP contribution in [-0.2, 0) is 33.1 Å². The summed E-state index contributed by atoms with van der Waals surface area (Å²) in [6.07, 6.45) is 16.6. The summed E-state index contributed by atoms with van der Waals surface area (Å²) < 4.78 is 69.5. The van der Waals surface area contributed by atoms with Crippen LogP contribution in [0.15, 0.2) is 17.0 Å². The van der Waals surface area contributed by atoms with Gasteiger partial charge in [0.15, 0.2) is 0 Å². The molecule has 2 rings (SSSR count). The van der Waals surface area contributed by atoms with Crippen molar-refractivity contribution in [3.05, 3.63) is 23.5 Å². The average molecular weight is 679 g/mol. The van der Waals surface area contributed by atoms with Crippen molar-refractivity contribution >= 4 is 48.4 Å². The van der Waals surface area contributed by atoms with E-state index in [9.17, 15) is 25.9 Å². The maximum atomic E-state index is 11.8. The van der Waals surface area contributed by atoms with Crippen LogP contribution in [-0.4, -0.2) is 46.0 Å². The number of nitrogens with one attached hydrogen (secondary N) is 1. The molecule has 1 aromatic heterocycles. The number of fused-ring (bicyclic) bond motifs is 1. The fourth-order valence-electron chi connectivity index (χ4n) is 4.92. The van der Waals surface area contributed by atoms with E-state index in [-0.39, 0.29) is 127 Å². The molecule has 1 aromatic carbocycles. The Labute approximate surface area is 338 Å². The Kier molecular flexibility index (Phi) is 23.4. The zero-order valence-electron chi connectivity index (χ0n) is 25.4. The van der Waals surface area contributed by atoms with Crippen LogP contribution in [0.25, 0.3) is 11.0 Å². The molecule has 0 radical (unpaired) electrons. The monoisotopic (exact) mass is 678 g/mol. The smallest absolute Gasteiger partial charge is 0.748 e. The number of hydrogen-bond donors (Lipinski definition) is 1. The molecule has 0 bridgehead atoms. The Morgan fingerprint density at radius 3 is 1.90 bits per heavy atom. The Hall–Kier alpha value is 1.87. The summed E-state index contributed by atoms with van der Waals surface area (Å²) in [6, 6.07) is 2.58. The normalized spacial score (nSPS) is 12.6. The summed E-state index contributed by atoms with van der Waals surface area (Å²) in [7, 11) is -9.11. The number of hydrogen-bond acceptors (Lipinski definition) is 8. The van der Waals surface area contributed by atoms with E-state index in [0.717, 1.165) is 24.1 Å². The van der Waals surface area contributed by atoms with Crippen LogP contribution in [0, 0.1) is 0 Å². The SMILES string of the molecule is CCCCCCCCCCCCCCC(=S)Cc1cc(S(=O)(=O)[O-])cc2[nH]c(CCC(CC)S(=O)(=O)[O-])nc12.[K+].[K+]. The van der Waals surface area contributed by atoms with Crippen molar-refractivity contribution in [2.45, 2.75) is 133 Å². The minimum atomic E-state index is -4.69. The molecule has 222 valence electrons. The third-order valence-corrected chi connectivity index (χ3v) is 9.79. The molecule has 1 unspecified atom stereocenters. The number of unbranched alkanes of at least 4 members (excludes halogenated alkanes) is 11. The van der Waals surface area contributed by atoms with E-state index in [4.69, 9.17) is 12.2 Å². The molecule has 0 saturated heterocycles. The van der Waals surface area contributed by atoms with Crippen molar-refractivity contribution in [2.75, 3.05) is 0 Å². The predicted molar refractivity (Wildman–Crippen MR) is 158 cm³/mol. The fraction of sp³-hybridized carbons (Fsp3) is 0.714. The first-order valence-corrected chi connectivity index (χ1v) is 17.7. The minimum absolute atomic E-state index is 0. The molecule has 2 aromatic rings. The van der Waals surface area contributed by atoms with Gasteiger partial charge in [0.2, 0.25) is 0 Å². The standard InChI is InChI=1S/C28H46N2O6S3.2K/c1-3-5-6-7-8-9-10-11-12-13-14-15-16-23(37)19-22-20-25(39(34,35)36)21-26-28(22)30-27(29-26)18-17-24(4-2)38(31,32)33;;/h20-21,24H,3-19H2,1-2H3,(H,29,30)(H,31,32,33)(H,34,35,36);;/q;2*+1/p-2. The average Bonchev–Trinajstić information content (AvgIpc) is 3.27. The zero-order chi connectivity index (χ0) is 28.9. The number of thiocarbonyl (C=S) groups is 1. The van der Waals surface area contributed by atoms with Gasteiger partial charge in [0.25, 0.3) is 0 Å². The molecule has 1 atom stereocenters. The molecule has 0 saturated carbocycles. The first kappa shape index (κ1) is 42.9. The number of benzene rings is 1. The summed E-state index contributed by atoms with van der Waals surface area (Å²) >= 11 is 5.60. The molecule has 8 nitrogen and oxygen atoms in total. The van der Waals surface area contributed by atoms with Crippen molar-refractivity contribution in [2.24, 2.45) is 0 Å². The molecule has 13 heteroatoms. The summed E-state index contributed by atoms with van der Waals surface area (Å²) in [4.78, 5) is 7.94. The number of H-pyrrole nitrogens is 1. The second-order valence-electron chi connectivity index (χ2n) is 10.5. The van der Waals surface area contributed by atoms with E-state index in [1.54, 1.807) is 6.92 Å².